The molecule has 0 bridgehead atoms. The smallest absolute Gasteiger partial charge is 0.325 e. The number of carbonyl (C=O) groups is 1. The molecule has 0 aliphatic carbocycles. The summed E-state index contributed by atoms with van der Waals surface area (Å²) in [6, 6.07) is 5.32. The van der Waals surface area contributed by atoms with Crippen molar-refractivity contribution in [2.45, 2.75) is 6.92 Å². The molecular weight excluding hydrogens is 194 g/mol. The number of methoxy groups -OCH3 is 1. The Morgan fingerprint density at radius 3 is 2.87 bits per heavy atom. The molecule has 0 aliphatic rings. The third-order valence-corrected chi connectivity index (χ3v) is 2.01. The van der Waals surface area contributed by atoms with Crippen LogP contribution >= 0.6 is 0 Å². The van der Waals surface area contributed by atoms with Gasteiger partial charge in [0.05, 0.1) is 7.11 Å². The highest BCUT2D eigenvalue weighted by Gasteiger charge is 2.10. The number of carbonyl (C=O) groups excluding carboxylic acids is 1. The number of rotatable bonds is 4. The molecule has 0 unspecified atom stereocenters. The monoisotopic (exact) mass is 209 g/mol. The zero-order chi connectivity index (χ0) is 11.3. The fraction of sp³-hybridized carbons (Fsp3) is 0.400. The number of nitrogens with two attached hydrogens (primary N) is 1. The Kier molecular flexibility index (Phi) is 3.91. The van der Waals surface area contributed by atoms with Crippen LogP contribution in [0.15, 0.2) is 18.2 Å². The van der Waals surface area contributed by atoms with E-state index in [9.17, 15) is 4.79 Å². The second-order valence-electron chi connectivity index (χ2n) is 3.01. The molecule has 0 spiro atoms. The number of pyridine rings is 1. The van der Waals surface area contributed by atoms with Crippen LogP contribution in [0.25, 0.3) is 0 Å². The Balaban J connectivity index is 2.78. The zero-order valence-electron chi connectivity index (χ0n) is 8.93. The summed E-state index contributed by atoms with van der Waals surface area (Å²) in [6.07, 6.45) is 0. The molecule has 0 fully saturated rings. The van der Waals surface area contributed by atoms with Gasteiger partial charge in [0.1, 0.15) is 18.2 Å². The summed E-state index contributed by atoms with van der Waals surface area (Å²) in [6.45, 7) is 2.79. The highest BCUT2D eigenvalue weighted by atomic mass is 16.5. The van der Waals surface area contributed by atoms with Crippen molar-refractivity contribution in [1.29, 1.82) is 0 Å². The van der Waals surface area contributed by atoms with E-state index in [-0.39, 0.29) is 12.5 Å². The molecule has 0 aliphatic heterocycles. The van der Waals surface area contributed by atoms with Gasteiger partial charge >= 0.3 is 5.97 Å². The average Bonchev–Trinajstić information content (AvgIpc) is 2.25. The van der Waals surface area contributed by atoms with Crippen LogP contribution in [0, 0.1) is 0 Å². The van der Waals surface area contributed by atoms with Crippen LogP contribution in [-0.4, -0.2) is 31.2 Å². The summed E-state index contributed by atoms with van der Waals surface area (Å²) in [5.74, 6) is 0.833. The molecule has 0 saturated carbocycles. The van der Waals surface area contributed by atoms with E-state index in [2.05, 4.69) is 9.72 Å². The summed E-state index contributed by atoms with van der Waals surface area (Å²) in [5, 5.41) is 0. The fourth-order valence-corrected chi connectivity index (χ4v) is 1.19. The largest absolute Gasteiger partial charge is 0.468 e. The van der Waals surface area contributed by atoms with E-state index in [0.29, 0.717) is 18.2 Å². The van der Waals surface area contributed by atoms with Crippen molar-refractivity contribution >= 4 is 17.6 Å². The molecule has 1 heterocycles. The van der Waals surface area contributed by atoms with Gasteiger partial charge in [0, 0.05) is 6.54 Å². The second-order valence-corrected chi connectivity index (χ2v) is 3.01. The maximum absolute atomic E-state index is 11.1. The number of ether oxygens (including phenoxy) is 1. The first-order valence-electron chi connectivity index (χ1n) is 4.71. The lowest BCUT2D eigenvalue weighted by Gasteiger charge is -2.20. The van der Waals surface area contributed by atoms with E-state index in [0.717, 1.165) is 0 Å². The fourth-order valence-electron chi connectivity index (χ4n) is 1.19. The van der Waals surface area contributed by atoms with Crippen molar-refractivity contribution in [3.8, 4) is 0 Å². The van der Waals surface area contributed by atoms with Gasteiger partial charge in [-0.05, 0) is 19.1 Å². The molecule has 1 rings (SSSR count). The first kappa shape index (κ1) is 11.3. The molecule has 0 aromatic carbocycles. The van der Waals surface area contributed by atoms with Gasteiger partial charge in [0.15, 0.2) is 0 Å². The number of hydrogen-bond donors (Lipinski definition) is 1. The number of likely N-dealkylation sites (N-methyl/N-ethyl adjacent to an activating group) is 1. The second kappa shape index (κ2) is 5.19. The summed E-state index contributed by atoms with van der Waals surface area (Å²) in [5.41, 5.74) is 5.56. The van der Waals surface area contributed by atoms with Crippen LogP contribution in [0.5, 0.6) is 0 Å². The van der Waals surface area contributed by atoms with Crippen molar-refractivity contribution in [2.75, 3.05) is 30.8 Å². The molecule has 5 nitrogen and oxygen atoms in total. The first-order valence-corrected chi connectivity index (χ1v) is 4.71. The van der Waals surface area contributed by atoms with Gasteiger partial charge in [0.25, 0.3) is 0 Å². The molecule has 82 valence electrons. The predicted molar refractivity (Wildman–Crippen MR) is 58.6 cm³/mol. The quantitative estimate of drug-likeness (QED) is 0.738. The summed E-state index contributed by atoms with van der Waals surface area (Å²) >= 11 is 0. The molecule has 5 heteroatoms. The molecular formula is C10H15N3O2. The van der Waals surface area contributed by atoms with Crippen molar-refractivity contribution in [3.63, 3.8) is 0 Å². The van der Waals surface area contributed by atoms with E-state index in [1.165, 1.54) is 7.11 Å². The van der Waals surface area contributed by atoms with Crippen LogP contribution in [0.2, 0.25) is 0 Å². The van der Waals surface area contributed by atoms with Crippen LogP contribution in [0.3, 0.4) is 0 Å². The van der Waals surface area contributed by atoms with Crippen LogP contribution in [0.1, 0.15) is 6.92 Å². The Hall–Kier alpha value is -1.78. The number of hydrogen-bond acceptors (Lipinski definition) is 5. The lowest BCUT2D eigenvalue weighted by atomic mass is 10.4. The van der Waals surface area contributed by atoms with Gasteiger partial charge in [-0.1, -0.05) is 6.07 Å². The Labute approximate surface area is 88.9 Å². The van der Waals surface area contributed by atoms with Gasteiger partial charge in [-0.25, -0.2) is 4.98 Å². The maximum atomic E-state index is 11.1. The normalized spacial score (nSPS) is 9.73. The van der Waals surface area contributed by atoms with Gasteiger partial charge in [-0.3, -0.25) is 4.79 Å². The average molecular weight is 209 g/mol. The minimum atomic E-state index is -0.291. The molecule has 2 N–H and O–H groups in total. The Morgan fingerprint density at radius 1 is 1.60 bits per heavy atom. The topological polar surface area (TPSA) is 68.5 Å². The van der Waals surface area contributed by atoms with E-state index >= 15 is 0 Å². The number of nitrogen functional groups attached to an aromatic ring is 1. The van der Waals surface area contributed by atoms with Crippen molar-refractivity contribution in [3.05, 3.63) is 18.2 Å². The van der Waals surface area contributed by atoms with E-state index in [1.807, 2.05) is 13.0 Å². The minimum absolute atomic E-state index is 0.184. The van der Waals surface area contributed by atoms with E-state index < -0.39 is 0 Å². The van der Waals surface area contributed by atoms with Gasteiger partial charge in [-0.15, -0.1) is 0 Å². The third-order valence-electron chi connectivity index (χ3n) is 2.01. The molecule has 0 radical (unpaired) electrons. The van der Waals surface area contributed by atoms with Crippen molar-refractivity contribution in [2.24, 2.45) is 0 Å². The standard InChI is InChI=1S/C10H15N3O2/c1-3-13(7-10(14)15-2)9-6-4-5-8(11)12-9/h4-6H,3,7H2,1-2H3,(H2,11,12). The highest BCUT2D eigenvalue weighted by molar-refractivity contribution is 5.75. The van der Waals surface area contributed by atoms with Crippen LogP contribution < -0.4 is 10.6 Å². The Bertz CT molecular complexity index is 341. The number of aromatic nitrogens is 1. The molecule has 0 atom stereocenters. The molecule has 0 amide bonds. The van der Waals surface area contributed by atoms with E-state index in [1.54, 1.807) is 17.0 Å². The minimum Gasteiger partial charge on any atom is -0.468 e. The molecule has 1 aromatic rings. The number of esters is 1. The number of nitrogens with zero attached hydrogens (tertiary/aromatic N) is 2. The third kappa shape index (κ3) is 3.12. The summed E-state index contributed by atoms with van der Waals surface area (Å²) in [7, 11) is 1.36. The van der Waals surface area contributed by atoms with Crippen LogP contribution in [-0.2, 0) is 9.53 Å². The summed E-state index contributed by atoms with van der Waals surface area (Å²) < 4.78 is 4.59. The Morgan fingerprint density at radius 2 is 2.33 bits per heavy atom. The van der Waals surface area contributed by atoms with Crippen LogP contribution in [0.4, 0.5) is 11.6 Å². The number of anilines is 2. The van der Waals surface area contributed by atoms with Gasteiger partial charge in [0.2, 0.25) is 0 Å². The van der Waals surface area contributed by atoms with Crippen molar-refractivity contribution in [1.82, 2.24) is 4.98 Å². The maximum Gasteiger partial charge on any atom is 0.325 e. The molecule has 1 aromatic heterocycles. The van der Waals surface area contributed by atoms with Gasteiger partial charge < -0.3 is 15.4 Å². The summed E-state index contributed by atoms with van der Waals surface area (Å²) in [4.78, 5) is 17.0. The lowest BCUT2D eigenvalue weighted by molar-refractivity contribution is -0.138. The van der Waals surface area contributed by atoms with E-state index in [4.69, 9.17) is 5.73 Å². The SMILES string of the molecule is CCN(CC(=O)OC)c1cccc(N)n1. The molecule has 0 saturated heterocycles. The zero-order valence-corrected chi connectivity index (χ0v) is 8.93. The highest BCUT2D eigenvalue weighted by Crippen LogP contribution is 2.11. The lowest BCUT2D eigenvalue weighted by Crippen LogP contribution is -2.31. The predicted octanol–water partition coefficient (Wildman–Crippen LogP) is 0.663. The van der Waals surface area contributed by atoms with Gasteiger partial charge in [-0.2, -0.15) is 0 Å². The first-order chi connectivity index (χ1) is 7.17. The van der Waals surface area contributed by atoms with Crippen molar-refractivity contribution < 1.29 is 9.53 Å². The molecule has 15 heavy (non-hydrogen) atoms.